The first-order valence-corrected chi connectivity index (χ1v) is 8.69. The Balaban J connectivity index is -0.000000520. The van der Waals surface area contributed by atoms with Gasteiger partial charge in [-0.3, -0.25) is 4.79 Å². The zero-order chi connectivity index (χ0) is 16.7. The number of likely N-dealkylation sites (N-methyl/N-ethyl adjacent to an activating group) is 1. The third-order valence-corrected chi connectivity index (χ3v) is 3.83. The van der Waals surface area contributed by atoms with Crippen LogP contribution in [0.1, 0.15) is 79.6 Å². The van der Waals surface area contributed by atoms with Gasteiger partial charge < -0.3 is 9.64 Å². The minimum absolute atomic E-state index is 0. The average molecular weight is 390 g/mol. The quantitative estimate of drug-likeness (QED) is 0.498. The minimum atomic E-state index is -0.289. The van der Waals surface area contributed by atoms with Gasteiger partial charge >= 0.3 is 5.97 Å². The summed E-state index contributed by atoms with van der Waals surface area (Å²) in [6, 6.07) is 0. The van der Waals surface area contributed by atoms with E-state index in [1.807, 2.05) is 25.9 Å². The van der Waals surface area contributed by atoms with Crippen molar-refractivity contribution < 1.29 is 42.2 Å². The van der Waals surface area contributed by atoms with Crippen LogP contribution in [0.2, 0.25) is 0 Å². The second-order valence-electron chi connectivity index (χ2n) is 6.31. The fraction of sp³-hybridized carbons (Fsp3) is 0.944. The maximum absolute atomic E-state index is 11.9. The number of carbonyl (C=O) groups excluding carboxylic acids is 1. The van der Waals surface area contributed by atoms with E-state index in [4.69, 9.17) is 4.74 Å². The van der Waals surface area contributed by atoms with Crippen molar-refractivity contribution in [2.45, 2.75) is 79.6 Å². The Hall–Kier alpha value is 0.534. The molecule has 1 atom stereocenters. The number of hydrogen-bond acceptors (Lipinski definition) is 3. The van der Waals surface area contributed by atoms with Gasteiger partial charge in [0.15, 0.2) is 0 Å². The molecular formula is C18H39NO2Y. The van der Waals surface area contributed by atoms with E-state index in [1.165, 1.54) is 19.3 Å². The van der Waals surface area contributed by atoms with E-state index >= 15 is 0 Å². The van der Waals surface area contributed by atoms with Crippen LogP contribution in [-0.4, -0.2) is 38.1 Å². The smallest absolute Gasteiger partial charge is 0.311 e. The molecule has 0 saturated carbocycles. The Labute approximate surface area is 164 Å². The largest absolute Gasteiger partial charge is 0.464 e. The number of hydrogen-bond donors (Lipinski definition) is 0. The molecule has 0 amide bonds. The molecule has 0 aliphatic heterocycles. The molecule has 1 radical (unpaired) electrons. The zero-order valence-electron chi connectivity index (χ0n) is 16.2. The first-order chi connectivity index (χ1) is 9.87. The molecule has 0 aromatic carbocycles. The maximum Gasteiger partial charge on any atom is 0.311 e. The Morgan fingerprint density at radius 3 is 1.82 bits per heavy atom. The number of rotatable bonds is 10. The molecular weight excluding hydrogens is 351 g/mol. The van der Waals surface area contributed by atoms with Crippen LogP contribution in [0.3, 0.4) is 0 Å². The number of nitrogens with zero attached hydrogens (tertiary/aromatic N) is 1. The standard InChI is InChI=1S/C13H27NO2.C5H12.Y/c1-6-8-9-13(3,7-2)12(15)16-11-10-14(4)5;1-3-5-4-2;/h6-11H2,1-5H3;3-5H2,1-2H3;. The predicted octanol–water partition coefficient (Wildman–Crippen LogP) is 4.89. The Bertz CT molecular complexity index is 245. The van der Waals surface area contributed by atoms with Gasteiger partial charge in [-0.15, -0.1) is 0 Å². The summed E-state index contributed by atoms with van der Waals surface area (Å²) in [5.74, 6) is -0.0368. The van der Waals surface area contributed by atoms with Crippen molar-refractivity contribution in [3.05, 3.63) is 0 Å². The van der Waals surface area contributed by atoms with Crippen molar-refractivity contribution in [3.8, 4) is 0 Å². The van der Waals surface area contributed by atoms with Crippen molar-refractivity contribution in [1.29, 1.82) is 0 Å². The van der Waals surface area contributed by atoms with Gasteiger partial charge in [0.2, 0.25) is 0 Å². The van der Waals surface area contributed by atoms with Crippen molar-refractivity contribution in [3.63, 3.8) is 0 Å². The van der Waals surface area contributed by atoms with Gasteiger partial charge in [-0.1, -0.05) is 59.8 Å². The first kappa shape index (κ1) is 27.4. The van der Waals surface area contributed by atoms with E-state index in [2.05, 4.69) is 27.7 Å². The van der Waals surface area contributed by atoms with Gasteiger partial charge in [0, 0.05) is 39.3 Å². The monoisotopic (exact) mass is 390 g/mol. The molecule has 1 unspecified atom stereocenters. The second-order valence-corrected chi connectivity index (χ2v) is 6.31. The number of carbonyl (C=O) groups is 1. The van der Waals surface area contributed by atoms with Gasteiger partial charge in [-0.25, -0.2) is 0 Å². The zero-order valence-corrected chi connectivity index (χ0v) is 19.0. The number of ether oxygens (including phenoxy) is 1. The summed E-state index contributed by atoms with van der Waals surface area (Å²) in [4.78, 5) is 14.0. The minimum Gasteiger partial charge on any atom is -0.464 e. The fourth-order valence-corrected chi connectivity index (χ4v) is 1.84. The van der Waals surface area contributed by atoms with Gasteiger partial charge in [-0.05, 0) is 33.9 Å². The Morgan fingerprint density at radius 2 is 1.50 bits per heavy atom. The molecule has 131 valence electrons. The Morgan fingerprint density at radius 1 is 1.00 bits per heavy atom. The SMILES string of the molecule is CCCCC.CCCCC(C)(CC)C(=O)OCCN(C)C.[Y]. The van der Waals surface area contributed by atoms with Gasteiger partial charge in [0.25, 0.3) is 0 Å². The summed E-state index contributed by atoms with van der Waals surface area (Å²) in [5, 5.41) is 0. The third-order valence-electron chi connectivity index (χ3n) is 3.83. The molecule has 0 N–H and O–H groups in total. The van der Waals surface area contributed by atoms with Crippen LogP contribution >= 0.6 is 0 Å². The molecule has 0 bridgehead atoms. The summed E-state index contributed by atoms with van der Waals surface area (Å²) in [6.07, 6.45) is 8.08. The molecule has 4 heteroatoms. The van der Waals surface area contributed by atoms with E-state index in [0.29, 0.717) is 6.61 Å². The normalized spacial score (nSPS) is 12.7. The summed E-state index contributed by atoms with van der Waals surface area (Å²) in [6.45, 7) is 11.9. The average Bonchev–Trinajstić information content (AvgIpc) is 2.45. The van der Waals surface area contributed by atoms with Crippen LogP contribution in [-0.2, 0) is 42.2 Å². The number of unbranched alkanes of at least 4 members (excludes halogenated alkanes) is 3. The molecule has 0 rings (SSSR count). The van der Waals surface area contributed by atoms with Crippen LogP contribution in [0, 0.1) is 5.41 Å². The van der Waals surface area contributed by atoms with Gasteiger partial charge in [0.05, 0.1) is 5.41 Å². The van der Waals surface area contributed by atoms with Crippen LogP contribution in [0.5, 0.6) is 0 Å². The van der Waals surface area contributed by atoms with Crippen molar-refractivity contribution >= 4 is 5.97 Å². The molecule has 0 aromatic heterocycles. The van der Waals surface area contributed by atoms with Crippen LogP contribution in [0.4, 0.5) is 0 Å². The maximum atomic E-state index is 11.9. The second kappa shape index (κ2) is 17.9. The molecule has 0 spiro atoms. The van der Waals surface area contributed by atoms with Gasteiger partial charge in [0.1, 0.15) is 6.61 Å². The van der Waals surface area contributed by atoms with Crippen molar-refractivity contribution in [1.82, 2.24) is 4.90 Å². The summed E-state index contributed by atoms with van der Waals surface area (Å²) >= 11 is 0. The van der Waals surface area contributed by atoms with Crippen LogP contribution < -0.4 is 0 Å². The number of esters is 1. The third kappa shape index (κ3) is 15.4. The molecule has 3 nitrogen and oxygen atoms in total. The summed E-state index contributed by atoms with van der Waals surface area (Å²) < 4.78 is 5.33. The van der Waals surface area contributed by atoms with Crippen LogP contribution in [0.25, 0.3) is 0 Å². The molecule has 22 heavy (non-hydrogen) atoms. The molecule has 0 heterocycles. The molecule has 0 saturated heterocycles. The molecule has 0 aliphatic carbocycles. The van der Waals surface area contributed by atoms with Gasteiger partial charge in [-0.2, -0.15) is 0 Å². The van der Waals surface area contributed by atoms with Crippen molar-refractivity contribution in [2.24, 2.45) is 5.41 Å². The molecule has 0 aromatic rings. The Kier molecular flexibility index (Phi) is 22.3. The van der Waals surface area contributed by atoms with E-state index in [1.54, 1.807) is 0 Å². The topological polar surface area (TPSA) is 29.5 Å². The van der Waals surface area contributed by atoms with Crippen LogP contribution in [0.15, 0.2) is 0 Å². The van der Waals surface area contributed by atoms with Crippen molar-refractivity contribution in [2.75, 3.05) is 27.2 Å². The summed E-state index contributed by atoms with van der Waals surface area (Å²) in [7, 11) is 3.95. The van der Waals surface area contributed by atoms with E-state index in [9.17, 15) is 4.79 Å². The first-order valence-electron chi connectivity index (χ1n) is 8.69. The van der Waals surface area contributed by atoms with E-state index in [0.717, 1.165) is 32.2 Å². The van der Waals surface area contributed by atoms with E-state index in [-0.39, 0.29) is 44.1 Å². The molecule has 0 fully saturated rings. The molecule has 0 aliphatic rings. The predicted molar refractivity (Wildman–Crippen MR) is 92.6 cm³/mol. The fourth-order valence-electron chi connectivity index (χ4n) is 1.84. The van der Waals surface area contributed by atoms with E-state index < -0.39 is 0 Å². The summed E-state index contributed by atoms with van der Waals surface area (Å²) in [5.41, 5.74) is -0.289.